The Morgan fingerprint density at radius 2 is 1.83 bits per heavy atom. The summed E-state index contributed by atoms with van der Waals surface area (Å²) >= 11 is 0. The molecule has 6 heteroatoms. The number of hydrogen-bond donors (Lipinski definition) is 2. The lowest BCUT2D eigenvalue weighted by Crippen LogP contribution is -2.44. The van der Waals surface area contributed by atoms with Crippen LogP contribution in [0.25, 0.3) is 0 Å². The molecule has 0 aliphatic carbocycles. The Labute approximate surface area is 142 Å². The molecule has 0 bridgehead atoms. The summed E-state index contributed by atoms with van der Waals surface area (Å²) in [7, 11) is 0. The first kappa shape index (κ1) is 16.8. The molecule has 2 N–H and O–H groups in total. The number of benzene rings is 1. The fraction of sp³-hybridized carbons (Fsp3) is 0.556. The molecule has 2 heterocycles. The Balaban J connectivity index is 1.66. The minimum atomic E-state index is -0.439. The third kappa shape index (κ3) is 3.70. The van der Waals surface area contributed by atoms with Gasteiger partial charge in [0.1, 0.15) is 0 Å². The lowest BCUT2D eigenvalue weighted by molar-refractivity contribution is 0.0792. The molecule has 0 radical (unpaired) electrons. The number of rotatable bonds is 2. The second-order valence-corrected chi connectivity index (χ2v) is 6.70. The van der Waals surface area contributed by atoms with Gasteiger partial charge in [-0.15, -0.1) is 0 Å². The van der Waals surface area contributed by atoms with E-state index in [9.17, 15) is 14.7 Å². The third-order valence-electron chi connectivity index (χ3n) is 4.79. The van der Waals surface area contributed by atoms with Crippen LogP contribution < -0.4 is 5.32 Å². The van der Waals surface area contributed by atoms with Crippen molar-refractivity contribution in [2.24, 2.45) is 0 Å². The molecule has 1 unspecified atom stereocenters. The van der Waals surface area contributed by atoms with Crippen molar-refractivity contribution in [3.8, 4) is 0 Å². The smallest absolute Gasteiger partial charge is 0.321 e. The van der Waals surface area contributed by atoms with E-state index in [1.165, 1.54) is 0 Å². The highest BCUT2D eigenvalue weighted by molar-refractivity contribution is 5.96. The highest BCUT2D eigenvalue weighted by atomic mass is 16.3. The monoisotopic (exact) mass is 331 g/mol. The fourth-order valence-electron chi connectivity index (χ4n) is 3.37. The number of β-amino-alcohol motifs (C(OH)–C–C–N with tert-alkyl or cyclic N) is 1. The van der Waals surface area contributed by atoms with Crippen molar-refractivity contribution < 1.29 is 14.7 Å². The molecule has 0 saturated carbocycles. The van der Waals surface area contributed by atoms with Crippen LogP contribution in [-0.4, -0.2) is 59.1 Å². The van der Waals surface area contributed by atoms with E-state index in [2.05, 4.69) is 5.32 Å². The molecule has 2 aliphatic heterocycles. The van der Waals surface area contributed by atoms with Crippen molar-refractivity contribution in [1.29, 1.82) is 0 Å². The number of hydrogen-bond acceptors (Lipinski definition) is 3. The van der Waals surface area contributed by atoms with Crippen LogP contribution in [0.1, 0.15) is 41.6 Å². The lowest BCUT2D eigenvalue weighted by atomic mass is 10.1. The van der Waals surface area contributed by atoms with E-state index < -0.39 is 6.10 Å². The first-order valence-corrected chi connectivity index (χ1v) is 8.68. The van der Waals surface area contributed by atoms with Crippen LogP contribution in [0.4, 0.5) is 10.5 Å². The van der Waals surface area contributed by atoms with Crippen LogP contribution in [0.2, 0.25) is 0 Å². The van der Waals surface area contributed by atoms with E-state index in [0.717, 1.165) is 44.3 Å². The summed E-state index contributed by atoms with van der Waals surface area (Å²) in [5.41, 5.74) is 2.24. The number of carbonyl (C=O) groups is 2. The average molecular weight is 331 g/mol. The summed E-state index contributed by atoms with van der Waals surface area (Å²) < 4.78 is 0. The number of amides is 3. The number of aryl methyl sites for hydroxylation is 1. The van der Waals surface area contributed by atoms with E-state index in [1.54, 1.807) is 17.0 Å². The van der Waals surface area contributed by atoms with Crippen molar-refractivity contribution in [3.05, 3.63) is 29.3 Å². The predicted octanol–water partition coefficient (Wildman–Crippen LogP) is 2.22. The summed E-state index contributed by atoms with van der Waals surface area (Å²) in [6.45, 7) is 4.58. The van der Waals surface area contributed by atoms with Crippen LogP contribution >= 0.6 is 0 Å². The van der Waals surface area contributed by atoms with Gasteiger partial charge in [-0.05, 0) is 56.4 Å². The van der Waals surface area contributed by atoms with Gasteiger partial charge < -0.3 is 20.2 Å². The first-order chi connectivity index (χ1) is 11.5. The van der Waals surface area contributed by atoms with Crippen molar-refractivity contribution in [2.45, 2.75) is 38.7 Å². The minimum absolute atomic E-state index is 0.0626. The van der Waals surface area contributed by atoms with Gasteiger partial charge in [0.15, 0.2) is 0 Å². The van der Waals surface area contributed by atoms with Crippen LogP contribution in [-0.2, 0) is 0 Å². The number of anilines is 1. The maximum atomic E-state index is 12.4. The Morgan fingerprint density at radius 3 is 2.50 bits per heavy atom. The highest BCUT2D eigenvalue weighted by Gasteiger charge is 2.23. The lowest BCUT2D eigenvalue weighted by Gasteiger charge is -2.30. The Bertz CT molecular complexity index is 626. The molecule has 3 amide bonds. The summed E-state index contributed by atoms with van der Waals surface area (Å²) in [5.74, 6) is 0.0626. The van der Waals surface area contributed by atoms with E-state index in [4.69, 9.17) is 0 Å². The molecule has 3 rings (SSSR count). The Kier molecular flexibility index (Phi) is 5.04. The summed E-state index contributed by atoms with van der Waals surface area (Å²) in [6, 6.07) is 5.20. The molecule has 2 aliphatic rings. The van der Waals surface area contributed by atoms with Crippen molar-refractivity contribution in [2.75, 3.05) is 31.5 Å². The van der Waals surface area contributed by atoms with E-state index in [0.29, 0.717) is 24.3 Å². The maximum Gasteiger partial charge on any atom is 0.321 e. The second kappa shape index (κ2) is 7.21. The van der Waals surface area contributed by atoms with Gasteiger partial charge in [-0.2, -0.15) is 0 Å². The largest absolute Gasteiger partial charge is 0.391 e. The first-order valence-electron chi connectivity index (χ1n) is 8.68. The number of likely N-dealkylation sites (tertiary alicyclic amines) is 2. The number of aliphatic hydroxyl groups is 1. The molecular formula is C18H25N3O3. The standard InChI is InChI=1S/C18H25N3O3/c1-13-11-14(17(23)20-8-2-3-9-20)6-7-16(13)19-18(24)21-10-4-5-15(22)12-21/h6-7,11,15,22H,2-5,8-10,12H2,1H3,(H,19,24). The van der Waals surface area contributed by atoms with Crippen molar-refractivity contribution in [1.82, 2.24) is 9.80 Å². The molecular weight excluding hydrogens is 306 g/mol. The van der Waals surface area contributed by atoms with Gasteiger partial charge in [-0.3, -0.25) is 4.79 Å². The number of aliphatic hydroxyl groups excluding tert-OH is 1. The van der Waals surface area contributed by atoms with Crippen LogP contribution in [0.15, 0.2) is 18.2 Å². The van der Waals surface area contributed by atoms with Gasteiger partial charge in [0.2, 0.25) is 0 Å². The van der Waals surface area contributed by atoms with Crippen molar-refractivity contribution in [3.63, 3.8) is 0 Å². The summed E-state index contributed by atoms with van der Waals surface area (Å²) in [6.07, 6.45) is 3.26. The SMILES string of the molecule is Cc1cc(C(=O)N2CCCC2)ccc1NC(=O)N1CCCC(O)C1. The van der Waals surface area contributed by atoms with Gasteiger partial charge in [0.05, 0.1) is 6.10 Å². The molecule has 0 aromatic heterocycles. The maximum absolute atomic E-state index is 12.4. The van der Waals surface area contributed by atoms with Crippen LogP contribution in [0, 0.1) is 6.92 Å². The number of urea groups is 1. The number of nitrogens with zero attached hydrogens (tertiary/aromatic N) is 2. The van der Waals surface area contributed by atoms with E-state index in [1.807, 2.05) is 17.9 Å². The molecule has 1 aromatic carbocycles. The molecule has 2 saturated heterocycles. The van der Waals surface area contributed by atoms with Crippen LogP contribution in [0.5, 0.6) is 0 Å². The highest BCUT2D eigenvalue weighted by Crippen LogP contribution is 2.20. The van der Waals surface area contributed by atoms with Crippen LogP contribution in [0.3, 0.4) is 0 Å². The third-order valence-corrected chi connectivity index (χ3v) is 4.79. The van der Waals surface area contributed by atoms with Gasteiger partial charge in [0.25, 0.3) is 5.91 Å². The zero-order valence-corrected chi connectivity index (χ0v) is 14.1. The minimum Gasteiger partial charge on any atom is -0.391 e. The molecule has 130 valence electrons. The number of carbonyl (C=O) groups excluding carboxylic acids is 2. The van der Waals surface area contributed by atoms with Gasteiger partial charge >= 0.3 is 6.03 Å². The van der Waals surface area contributed by atoms with Crippen molar-refractivity contribution >= 4 is 17.6 Å². The molecule has 6 nitrogen and oxygen atoms in total. The molecule has 1 aromatic rings. The number of nitrogens with one attached hydrogen (secondary N) is 1. The predicted molar refractivity (Wildman–Crippen MR) is 92.1 cm³/mol. The van der Waals surface area contributed by atoms with Gasteiger partial charge in [-0.1, -0.05) is 0 Å². The quantitative estimate of drug-likeness (QED) is 0.873. The average Bonchev–Trinajstić information content (AvgIpc) is 3.10. The topological polar surface area (TPSA) is 72.9 Å². The van der Waals surface area contributed by atoms with Gasteiger partial charge in [-0.25, -0.2) is 4.79 Å². The summed E-state index contributed by atoms with van der Waals surface area (Å²) in [4.78, 5) is 28.3. The summed E-state index contributed by atoms with van der Waals surface area (Å²) in [5, 5.41) is 12.6. The number of piperidine rings is 1. The molecule has 1 atom stereocenters. The second-order valence-electron chi connectivity index (χ2n) is 6.70. The fourth-order valence-corrected chi connectivity index (χ4v) is 3.37. The van der Waals surface area contributed by atoms with E-state index >= 15 is 0 Å². The molecule has 2 fully saturated rings. The zero-order chi connectivity index (χ0) is 17.1. The Hall–Kier alpha value is -2.08. The normalized spacial score (nSPS) is 21.0. The zero-order valence-electron chi connectivity index (χ0n) is 14.1. The van der Waals surface area contributed by atoms with E-state index in [-0.39, 0.29) is 11.9 Å². The Morgan fingerprint density at radius 1 is 1.12 bits per heavy atom. The molecule has 0 spiro atoms. The van der Waals surface area contributed by atoms with Gasteiger partial charge in [0, 0.05) is 37.4 Å². The molecule has 24 heavy (non-hydrogen) atoms.